The molecule has 0 aromatic carbocycles. The van der Waals surface area contributed by atoms with Crippen LogP contribution in [0.5, 0.6) is 0 Å². The van der Waals surface area contributed by atoms with Crippen molar-refractivity contribution in [1.29, 1.82) is 0 Å². The van der Waals surface area contributed by atoms with Gasteiger partial charge in [0.1, 0.15) is 0 Å². The maximum atomic E-state index is 5.68. The van der Waals surface area contributed by atoms with Crippen molar-refractivity contribution in [3.05, 3.63) is 10.6 Å². The van der Waals surface area contributed by atoms with E-state index in [1.165, 1.54) is 36.3 Å². The normalized spacial score (nSPS) is 22.2. The number of hydrogen-bond donors (Lipinski definition) is 1. The van der Waals surface area contributed by atoms with Crippen molar-refractivity contribution in [2.75, 3.05) is 5.73 Å². The first-order valence-electron chi connectivity index (χ1n) is 4.56. The van der Waals surface area contributed by atoms with E-state index in [9.17, 15) is 0 Å². The fraction of sp³-hybridized carbons (Fsp3) is 0.667. The van der Waals surface area contributed by atoms with Crippen LogP contribution in [0.4, 0.5) is 5.13 Å². The Hall–Kier alpha value is -0.570. The van der Waals surface area contributed by atoms with Gasteiger partial charge in [-0.2, -0.15) is 0 Å². The molecule has 1 aliphatic rings. The summed E-state index contributed by atoms with van der Waals surface area (Å²) in [5, 5.41) is 0.750. The molecule has 2 nitrogen and oxygen atoms in total. The van der Waals surface area contributed by atoms with Crippen molar-refractivity contribution in [1.82, 2.24) is 4.98 Å². The smallest absolute Gasteiger partial charge is 0.180 e. The number of hydrogen-bond acceptors (Lipinski definition) is 3. The van der Waals surface area contributed by atoms with Crippen LogP contribution in [0.15, 0.2) is 0 Å². The first kappa shape index (κ1) is 8.05. The number of thiazole rings is 1. The zero-order chi connectivity index (χ0) is 8.55. The van der Waals surface area contributed by atoms with Crippen LogP contribution in [0.3, 0.4) is 0 Å². The van der Waals surface area contributed by atoms with Gasteiger partial charge >= 0.3 is 0 Å². The van der Waals surface area contributed by atoms with Crippen LogP contribution in [0.25, 0.3) is 0 Å². The zero-order valence-electron chi connectivity index (χ0n) is 7.34. The summed E-state index contributed by atoms with van der Waals surface area (Å²) in [7, 11) is 0. The van der Waals surface area contributed by atoms with E-state index in [0.717, 1.165) is 5.13 Å². The molecule has 0 aliphatic heterocycles. The first-order valence-corrected chi connectivity index (χ1v) is 5.38. The van der Waals surface area contributed by atoms with Gasteiger partial charge in [-0.05, 0) is 25.7 Å². The minimum absolute atomic E-state index is 0.683. The standard InChI is InChI=1S/C9H14N2S/c1-2-6-4-3-5-7-8(6)11-9(10)12-7/h6H,2-5H2,1H3,(H2,10,11). The van der Waals surface area contributed by atoms with Crippen molar-refractivity contribution >= 4 is 16.5 Å². The minimum atomic E-state index is 0.683. The lowest BCUT2D eigenvalue weighted by Crippen LogP contribution is -2.07. The Morgan fingerprint density at radius 2 is 2.50 bits per heavy atom. The molecule has 2 N–H and O–H groups in total. The summed E-state index contributed by atoms with van der Waals surface area (Å²) in [5.41, 5.74) is 6.98. The second-order valence-electron chi connectivity index (χ2n) is 3.36. The van der Waals surface area contributed by atoms with Crippen LogP contribution in [0.1, 0.15) is 42.7 Å². The molecular formula is C9H14N2S. The molecule has 0 spiro atoms. The van der Waals surface area contributed by atoms with Crippen LogP contribution in [-0.4, -0.2) is 4.98 Å². The summed E-state index contributed by atoms with van der Waals surface area (Å²) in [6.07, 6.45) is 5.01. The highest BCUT2D eigenvalue weighted by molar-refractivity contribution is 7.15. The molecule has 1 atom stereocenters. The predicted octanol–water partition coefficient (Wildman–Crippen LogP) is 2.56. The van der Waals surface area contributed by atoms with Crippen LogP contribution < -0.4 is 5.73 Å². The van der Waals surface area contributed by atoms with E-state index in [4.69, 9.17) is 5.73 Å². The van der Waals surface area contributed by atoms with E-state index in [1.807, 2.05) is 0 Å². The lowest BCUT2D eigenvalue weighted by molar-refractivity contribution is 0.533. The van der Waals surface area contributed by atoms with E-state index < -0.39 is 0 Å². The number of anilines is 1. The fourth-order valence-electron chi connectivity index (χ4n) is 1.92. The van der Waals surface area contributed by atoms with Gasteiger partial charge in [0.25, 0.3) is 0 Å². The molecule has 0 saturated heterocycles. The molecule has 0 saturated carbocycles. The minimum Gasteiger partial charge on any atom is -0.375 e. The number of rotatable bonds is 1. The third-order valence-electron chi connectivity index (χ3n) is 2.58. The Balaban J connectivity index is 2.36. The van der Waals surface area contributed by atoms with Gasteiger partial charge in [-0.15, -0.1) is 11.3 Å². The van der Waals surface area contributed by atoms with Crippen molar-refractivity contribution in [2.45, 2.75) is 38.5 Å². The Kier molecular flexibility index (Phi) is 2.05. The topological polar surface area (TPSA) is 38.9 Å². The third-order valence-corrected chi connectivity index (χ3v) is 3.54. The first-order chi connectivity index (χ1) is 5.81. The molecule has 1 aromatic heterocycles. The summed E-state index contributed by atoms with van der Waals surface area (Å²) < 4.78 is 0. The van der Waals surface area contributed by atoms with Crippen molar-refractivity contribution in [3.63, 3.8) is 0 Å². The molecule has 1 aromatic rings. The van der Waals surface area contributed by atoms with E-state index >= 15 is 0 Å². The van der Waals surface area contributed by atoms with Crippen LogP contribution in [0.2, 0.25) is 0 Å². The lowest BCUT2D eigenvalue weighted by Gasteiger charge is -2.18. The monoisotopic (exact) mass is 182 g/mol. The maximum absolute atomic E-state index is 5.68. The molecule has 0 fully saturated rings. The molecule has 1 unspecified atom stereocenters. The average Bonchev–Trinajstić information content (AvgIpc) is 2.44. The van der Waals surface area contributed by atoms with E-state index in [1.54, 1.807) is 11.3 Å². The molecule has 66 valence electrons. The molecule has 1 aliphatic carbocycles. The van der Waals surface area contributed by atoms with Gasteiger partial charge in [-0.25, -0.2) is 4.98 Å². The molecule has 0 bridgehead atoms. The molecule has 12 heavy (non-hydrogen) atoms. The Morgan fingerprint density at radius 3 is 3.25 bits per heavy atom. The summed E-state index contributed by atoms with van der Waals surface area (Å²) in [5.74, 6) is 0.683. The van der Waals surface area contributed by atoms with Gasteiger partial charge in [0.05, 0.1) is 5.69 Å². The van der Waals surface area contributed by atoms with Crippen molar-refractivity contribution < 1.29 is 0 Å². The highest BCUT2D eigenvalue weighted by Crippen LogP contribution is 2.36. The van der Waals surface area contributed by atoms with Gasteiger partial charge in [0, 0.05) is 10.8 Å². The van der Waals surface area contributed by atoms with Crippen LogP contribution in [0, 0.1) is 0 Å². The zero-order valence-corrected chi connectivity index (χ0v) is 8.16. The van der Waals surface area contributed by atoms with Crippen molar-refractivity contribution in [2.24, 2.45) is 0 Å². The van der Waals surface area contributed by atoms with E-state index in [2.05, 4.69) is 11.9 Å². The molecule has 2 rings (SSSR count). The molecule has 3 heteroatoms. The molecule has 0 radical (unpaired) electrons. The summed E-state index contributed by atoms with van der Waals surface area (Å²) >= 11 is 1.68. The van der Waals surface area contributed by atoms with Gasteiger partial charge in [-0.1, -0.05) is 6.92 Å². The molecule has 1 heterocycles. The number of nitrogens with two attached hydrogens (primary N) is 1. The largest absolute Gasteiger partial charge is 0.375 e. The second kappa shape index (κ2) is 3.05. The number of nitrogen functional groups attached to an aromatic ring is 1. The Bertz CT molecular complexity index is 280. The quantitative estimate of drug-likeness (QED) is 0.725. The summed E-state index contributed by atoms with van der Waals surface area (Å²) in [6, 6.07) is 0. The highest BCUT2D eigenvalue weighted by Gasteiger charge is 2.22. The summed E-state index contributed by atoms with van der Waals surface area (Å²) in [6.45, 7) is 2.23. The van der Waals surface area contributed by atoms with Crippen LogP contribution in [-0.2, 0) is 6.42 Å². The lowest BCUT2D eigenvalue weighted by atomic mass is 9.89. The van der Waals surface area contributed by atoms with Gasteiger partial charge in [0.15, 0.2) is 5.13 Å². The third kappa shape index (κ3) is 1.22. The average molecular weight is 182 g/mol. The second-order valence-corrected chi connectivity index (χ2v) is 4.47. The van der Waals surface area contributed by atoms with Crippen molar-refractivity contribution in [3.8, 4) is 0 Å². The number of fused-ring (bicyclic) bond motifs is 1. The fourth-order valence-corrected chi connectivity index (χ4v) is 2.88. The molecular weight excluding hydrogens is 168 g/mol. The summed E-state index contributed by atoms with van der Waals surface area (Å²) in [4.78, 5) is 5.84. The predicted molar refractivity (Wildman–Crippen MR) is 52.5 cm³/mol. The number of aromatic nitrogens is 1. The Morgan fingerprint density at radius 1 is 1.67 bits per heavy atom. The van der Waals surface area contributed by atoms with Gasteiger partial charge in [-0.3, -0.25) is 0 Å². The number of nitrogens with zero attached hydrogens (tertiary/aromatic N) is 1. The highest BCUT2D eigenvalue weighted by atomic mass is 32.1. The van der Waals surface area contributed by atoms with Gasteiger partial charge < -0.3 is 5.73 Å². The SMILES string of the molecule is CCC1CCCc2sc(N)nc21. The Labute approximate surface area is 76.8 Å². The maximum Gasteiger partial charge on any atom is 0.180 e. The van der Waals surface area contributed by atoms with Gasteiger partial charge in [0.2, 0.25) is 0 Å². The van der Waals surface area contributed by atoms with Crippen LogP contribution >= 0.6 is 11.3 Å². The van der Waals surface area contributed by atoms with E-state index in [0.29, 0.717) is 5.92 Å². The molecule has 0 amide bonds. The number of aryl methyl sites for hydroxylation is 1. The van der Waals surface area contributed by atoms with E-state index in [-0.39, 0.29) is 0 Å².